The third kappa shape index (κ3) is 4.81. The molecule has 6 nitrogen and oxygen atoms in total. The van der Waals surface area contributed by atoms with Gasteiger partial charge in [-0.2, -0.15) is 0 Å². The van der Waals surface area contributed by atoms with Crippen molar-refractivity contribution in [3.05, 3.63) is 90.0 Å². The Kier molecular flexibility index (Phi) is 6.69. The largest absolute Gasteiger partial charge is 0.482 e. The summed E-state index contributed by atoms with van der Waals surface area (Å²) in [5.41, 5.74) is 5.53. The highest BCUT2D eigenvalue weighted by molar-refractivity contribution is 6.33. The maximum atomic E-state index is 12.6. The van der Waals surface area contributed by atoms with Crippen molar-refractivity contribution in [2.45, 2.75) is 6.92 Å². The summed E-state index contributed by atoms with van der Waals surface area (Å²) in [5.74, 6) is -0.266. The number of hydrogen-bond acceptors (Lipinski definition) is 5. The van der Waals surface area contributed by atoms with Crippen LogP contribution in [0.4, 0.5) is 5.69 Å². The van der Waals surface area contributed by atoms with Gasteiger partial charge in [0.1, 0.15) is 12.3 Å². The van der Waals surface area contributed by atoms with E-state index in [-0.39, 0.29) is 25.7 Å². The number of pyridine rings is 1. The van der Waals surface area contributed by atoms with Gasteiger partial charge in [-0.1, -0.05) is 60.1 Å². The number of aromatic nitrogens is 1. The topological polar surface area (TPSA) is 68.7 Å². The molecule has 1 aromatic heterocycles. The van der Waals surface area contributed by atoms with E-state index in [0.29, 0.717) is 22.2 Å². The van der Waals surface area contributed by atoms with Crippen LogP contribution in [0, 0.1) is 0 Å². The number of benzene rings is 3. The Balaban J connectivity index is 1.63. The number of carbonyl (C=O) groups is 2. The zero-order valence-electron chi connectivity index (χ0n) is 19.6. The Bertz CT molecular complexity index is 1440. The second-order valence-electron chi connectivity index (χ2n) is 8.23. The van der Waals surface area contributed by atoms with Crippen LogP contribution < -0.4 is 9.64 Å². The van der Waals surface area contributed by atoms with Gasteiger partial charge in [0, 0.05) is 21.7 Å². The fourth-order valence-electron chi connectivity index (χ4n) is 4.16. The van der Waals surface area contributed by atoms with Crippen molar-refractivity contribution in [3.63, 3.8) is 0 Å². The normalized spacial score (nSPS) is 12.6. The Morgan fingerprint density at radius 3 is 2.42 bits per heavy atom. The van der Waals surface area contributed by atoms with Crippen LogP contribution in [0.1, 0.15) is 6.92 Å². The summed E-state index contributed by atoms with van der Waals surface area (Å²) >= 11 is 6.53. The quantitative estimate of drug-likeness (QED) is 0.304. The SMILES string of the molecule is CCOC(=O)CN1C(=O)COc2ccc(-c3cc(-c4ccccc4Cl)cc(-c4ccccc4)n3)cc21. The molecule has 2 heterocycles. The molecule has 1 aliphatic rings. The summed E-state index contributed by atoms with van der Waals surface area (Å²) in [5, 5.41) is 0.638. The molecular weight excluding hydrogens is 476 g/mol. The fraction of sp³-hybridized carbons (Fsp3) is 0.138. The summed E-state index contributed by atoms with van der Waals surface area (Å²) in [7, 11) is 0. The molecule has 0 saturated carbocycles. The number of esters is 1. The van der Waals surface area contributed by atoms with Gasteiger partial charge in [-0.25, -0.2) is 4.98 Å². The molecule has 3 aromatic carbocycles. The first-order valence-electron chi connectivity index (χ1n) is 11.6. The van der Waals surface area contributed by atoms with E-state index in [1.807, 2.05) is 78.9 Å². The lowest BCUT2D eigenvalue weighted by atomic mass is 9.99. The van der Waals surface area contributed by atoms with Crippen LogP contribution in [0.15, 0.2) is 84.9 Å². The third-order valence-corrected chi connectivity index (χ3v) is 6.20. The average molecular weight is 499 g/mol. The number of fused-ring (bicyclic) bond motifs is 1. The van der Waals surface area contributed by atoms with Crippen molar-refractivity contribution >= 4 is 29.2 Å². The van der Waals surface area contributed by atoms with Crippen LogP contribution in [-0.2, 0) is 14.3 Å². The van der Waals surface area contributed by atoms with Crippen molar-refractivity contribution in [2.24, 2.45) is 0 Å². The number of amides is 1. The molecular formula is C29H23ClN2O4. The molecule has 0 spiro atoms. The van der Waals surface area contributed by atoms with Crippen molar-refractivity contribution in [2.75, 3.05) is 24.7 Å². The van der Waals surface area contributed by atoms with Crippen molar-refractivity contribution in [1.29, 1.82) is 0 Å². The zero-order valence-corrected chi connectivity index (χ0v) is 20.4. The molecule has 0 fully saturated rings. The summed E-state index contributed by atoms with van der Waals surface area (Å²) < 4.78 is 10.7. The second kappa shape index (κ2) is 10.2. The van der Waals surface area contributed by atoms with E-state index in [0.717, 1.165) is 27.9 Å². The molecule has 1 amide bonds. The van der Waals surface area contributed by atoms with E-state index in [4.69, 9.17) is 26.1 Å². The molecule has 0 atom stereocenters. The Labute approximate surface area is 214 Å². The van der Waals surface area contributed by atoms with Crippen molar-refractivity contribution in [1.82, 2.24) is 4.98 Å². The molecule has 0 unspecified atom stereocenters. The van der Waals surface area contributed by atoms with Gasteiger partial charge in [0.15, 0.2) is 6.61 Å². The van der Waals surface area contributed by atoms with Gasteiger partial charge in [0.2, 0.25) is 0 Å². The van der Waals surface area contributed by atoms with Crippen molar-refractivity contribution in [3.8, 4) is 39.4 Å². The van der Waals surface area contributed by atoms with Crippen LogP contribution in [0.25, 0.3) is 33.6 Å². The molecule has 36 heavy (non-hydrogen) atoms. The fourth-order valence-corrected chi connectivity index (χ4v) is 4.40. The summed E-state index contributed by atoms with van der Waals surface area (Å²) in [6.45, 7) is 1.65. The predicted molar refractivity (Wildman–Crippen MR) is 140 cm³/mol. The van der Waals surface area contributed by atoms with Crippen LogP contribution >= 0.6 is 11.6 Å². The number of hydrogen-bond donors (Lipinski definition) is 0. The number of anilines is 1. The highest BCUT2D eigenvalue weighted by atomic mass is 35.5. The van der Waals surface area contributed by atoms with Gasteiger partial charge in [-0.3, -0.25) is 14.5 Å². The maximum Gasteiger partial charge on any atom is 0.326 e. The molecule has 1 aliphatic heterocycles. The number of nitrogens with zero attached hydrogens (tertiary/aromatic N) is 2. The van der Waals surface area contributed by atoms with E-state index in [9.17, 15) is 9.59 Å². The molecule has 4 aromatic rings. The van der Waals surface area contributed by atoms with Gasteiger partial charge in [-0.15, -0.1) is 0 Å². The van der Waals surface area contributed by atoms with Crippen LogP contribution in [0.5, 0.6) is 5.75 Å². The van der Waals surface area contributed by atoms with Gasteiger partial charge < -0.3 is 9.47 Å². The number of carbonyl (C=O) groups excluding carboxylic acids is 2. The lowest BCUT2D eigenvalue weighted by Gasteiger charge is -2.29. The Morgan fingerprint density at radius 1 is 0.944 bits per heavy atom. The second-order valence-corrected chi connectivity index (χ2v) is 8.64. The molecule has 0 saturated heterocycles. The number of rotatable bonds is 6. The molecule has 0 aliphatic carbocycles. The van der Waals surface area contributed by atoms with Crippen LogP contribution in [0.3, 0.4) is 0 Å². The van der Waals surface area contributed by atoms with Crippen LogP contribution in [-0.4, -0.2) is 36.6 Å². The first-order valence-corrected chi connectivity index (χ1v) is 12.0. The van der Waals surface area contributed by atoms with Gasteiger partial charge in [0.05, 0.1) is 23.7 Å². The minimum Gasteiger partial charge on any atom is -0.482 e. The number of ether oxygens (including phenoxy) is 2. The zero-order chi connectivity index (χ0) is 25.1. The minimum atomic E-state index is -0.477. The highest BCUT2D eigenvalue weighted by Crippen LogP contribution is 2.38. The van der Waals surface area contributed by atoms with E-state index >= 15 is 0 Å². The molecule has 0 bridgehead atoms. The third-order valence-electron chi connectivity index (χ3n) is 5.87. The molecule has 0 N–H and O–H groups in total. The highest BCUT2D eigenvalue weighted by Gasteiger charge is 2.28. The van der Waals surface area contributed by atoms with E-state index in [2.05, 4.69) is 0 Å². The standard InChI is InChI=1S/C29H23ClN2O4/c1-2-35-29(34)17-32-26-16-20(12-13-27(26)36-18-28(32)33)25-15-21(22-10-6-7-11-23(22)30)14-24(31-25)19-8-4-3-5-9-19/h3-16H,2,17-18H2,1H3. The Hall–Kier alpha value is -4.16. The van der Waals surface area contributed by atoms with Crippen LogP contribution in [0.2, 0.25) is 5.02 Å². The van der Waals surface area contributed by atoms with E-state index in [1.54, 1.807) is 13.0 Å². The molecule has 5 rings (SSSR count). The van der Waals surface area contributed by atoms with Gasteiger partial charge in [0.25, 0.3) is 5.91 Å². The van der Waals surface area contributed by atoms with E-state index < -0.39 is 5.97 Å². The first kappa shape index (κ1) is 23.6. The maximum absolute atomic E-state index is 12.6. The lowest BCUT2D eigenvalue weighted by Crippen LogP contribution is -2.42. The predicted octanol–water partition coefficient (Wildman–Crippen LogP) is 6.02. The average Bonchev–Trinajstić information content (AvgIpc) is 2.91. The molecule has 180 valence electrons. The minimum absolute atomic E-state index is 0.135. The first-order chi connectivity index (χ1) is 17.5. The summed E-state index contributed by atoms with van der Waals surface area (Å²) in [6, 6.07) is 27.0. The smallest absolute Gasteiger partial charge is 0.326 e. The molecule has 7 heteroatoms. The van der Waals surface area contributed by atoms with Gasteiger partial charge in [-0.05, 0) is 48.9 Å². The molecule has 0 radical (unpaired) electrons. The summed E-state index contributed by atoms with van der Waals surface area (Å²) in [4.78, 5) is 31.1. The van der Waals surface area contributed by atoms with Crippen molar-refractivity contribution < 1.29 is 19.1 Å². The van der Waals surface area contributed by atoms with E-state index in [1.165, 1.54) is 4.90 Å². The lowest BCUT2D eigenvalue weighted by molar-refractivity contribution is -0.142. The van der Waals surface area contributed by atoms with Gasteiger partial charge >= 0.3 is 5.97 Å². The summed E-state index contributed by atoms with van der Waals surface area (Å²) in [6.07, 6.45) is 0. The number of halogens is 1. The monoisotopic (exact) mass is 498 g/mol. The Morgan fingerprint density at radius 2 is 1.67 bits per heavy atom.